The van der Waals surface area contributed by atoms with Gasteiger partial charge in [-0.25, -0.2) is 23.0 Å². The molecule has 17 heteroatoms. The van der Waals surface area contributed by atoms with Gasteiger partial charge in [0.25, 0.3) is 15.9 Å². The Morgan fingerprint density at radius 3 is 2.27 bits per heavy atom. The zero-order chi connectivity index (χ0) is 34.4. The molecule has 0 bridgehead atoms. The zero-order valence-electron chi connectivity index (χ0n) is 25.3. The summed E-state index contributed by atoms with van der Waals surface area (Å²) >= 11 is 0.517. The third kappa shape index (κ3) is 7.38. The number of benzene rings is 3. The van der Waals surface area contributed by atoms with Gasteiger partial charge in [0.15, 0.2) is 17.2 Å². The summed E-state index contributed by atoms with van der Waals surface area (Å²) in [6, 6.07) is 23.4. The van der Waals surface area contributed by atoms with Crippen molar-refractivity contribution < 1.29 is 32.3 Å². The number of rotatable bonds is 12. The number of amides is 1. The molecule has 4 N–H and O–H groups in total. The quantitative estimate of drug-likeness (QED) is 0.0429. The van der Waals surface area contributed by atoms with E-state index in [9.17, 15) is 27.6 Å². The molecular weight excluding hydrogens is 661 g/mol. The smallest absolute Gasteiger partial charge is 0.342 e. The Kier molecular flexibility index (Phi) is 9.93. The van der Waals surface area contributed by atoms with Gasteiger partial charge in [-0.15, -0.1) is 10.2 Å². The normalized spacial score (nSPS) is 11.5. The lowest BCUT2D eigenvalue weighted by Crippen LogP contribution is -2.23. The van der Waals surface area contributed by atoms with Gasteiger partial charge in [-0.3, -0.25) is 25.1 Å². The number of hydrazone groups is 1. The fraction of sp³-hybridized carbons (Fsp3) is 0.0968. The number of nitrogens with zero attached hydrogens (tertiary/aromatic N) is 5. The number of ketones is 2. The van der Waals surface area contributed by atoms with Crippen LogP contribution in [0, 0.1) is 0 Å². The van der Waals surface area contributed by atoms with Gasteiger partial charge in [0.05, 0.1) is 23.7 Å². The number of nitrogens with one attached hydrogen (secondary N) is 2. The Bertz CT molecular complexity index is 2160. The lowest BCUT2D eigenvalue weighted by molar-refractivity contribution is -0.111. The van der Waals surface area contributed by atoms with Crippen molar-refractivity contribution in [2.75, 3.05) is 17.3 Å². The first-order valence-electron chi connectivity index (χ1n) is 14.1. The number of hydrogen-bond acceptors (Lipinski definition) is 13. The third-order valence-corrected chi connectivity index (χ3v) is 8.62. The molecule has 2 heterocycles. The van der Waals surface area contributed by atoms with Crippen LogP contribution in [0.2, 0.25) is 0 Å². The fourth-order valence-electron chi connectivity index (χ4n) is 4.40. The van der Waals surface area contributed by atoms with Crippen molar-refractivity contribution in [2.24, 2.45) is 10.2 Å². The van der Waals surface area contributed by atoms with Crippen LogP contribution in [0.15, 0.2) is 94.4 Å². The fourth-order valence-corrected chi connectivity index (χ4v) is 5.73. The topological polar surface area (TPSA) is 218 Å². The molecule has 0 aliphatic carbocycles. The maximum atomic E-state index is 13.6. The number of carbonyl (C=O) groups is 4. The maximum absolute atomic E-state index is 13.6. The highest BCUT2D eigenvalue weighted by molar-refractivity contribution is 7.91. The van der Waals surface area contributed by atoms with E-state index in [4.69, 9.17) is 9.88 Å². The van der Waals surface area contributed by atoms with E-state index in [1.807, 2.05) is 0 Å². The first-order chi connectivity index (χ1) is 23.0. The molecule has 0 spiro atoms. The van der Waals surface area contributed by atoms with E-state index in [1.165, 1.54) is 11.6 Å². The maximum Gasteiger partial charge on any atom is 0.342 e. The predicted octanol–water partition coefficient (Wildman–Crippen LogP) is 3.71. The van der Waals surface area contributed by atoms with Crippen molar-refractivity contribution in [1.82, 2.24) is 20.0 Å². The van der Waals surface area contributed by atoms with E-state index in [1.54, 1.807) is 91.9 Å². The molecule has 5 rings (SSSR count). The number of sulfonamides is 1. The minimum atomic E-state index is -4.18. The van der Waals surface area contributed by atoms with Gasteiger partial charge >= 0.3 is 5.97 Å². The average molecular weight is 687 g/mol. The monoisotopic (exact) mass is 686 g/mol. The first kappa shape index (κ1) is 33.5. The van der Waals surface area contributed by atoms with Crippen molar-refractivity contribution in [2.45, 2.75) is 18.2 Å². The minimum absolute atomic E-state index is 0.00891. The molecule has 15 nitrogen and oxygen atoms in total. The van der Waals surface area contributed by atoms with Gasteiger partial charge in [-0.1, -0.05) is 78.1 Å². The van der Waals surface area contributed by atoms with Crippen molar-refractivity contribution >= 4 is 61.3 Å². The number of anilines is 2. The highest BCUT2D eigenvalue weighted by Gasteiger charge is 2.31. The summed E-state index contributed by atoms with van der Waals surface area (Å²) in [6.07, 6.45) is 0. The van der Waals surface area contributed by atoms with Gasteiger partial charge < -0.3 is 4.74 Å². The molecule has 0 radical (unpaired) electrons. The molecule has 3 aromatic carbocycles. The van der Waals surface area contributed by atoms with Crippen LogP contribution in [0.1, 0.15) is 45.1 Å². The number of nitrogens with two attached hydrogens (primary N) is 1. The second kappa shape index (κ2) is 14.2. The molecule has 0 saturated carbocycles. The van der Waals surface area contributed by atoms with Crippen LogP contribution >= 0.6 is 11.3 Å². The van der Waals surface area contributed by atoms with Crippen LogP contribution in [0.25, 0.3) is 16.9 Å². The van der Waals surface area contributed by atoms with E-state index in [2.05, 4.69) is 31.1 Å². The van der Waals surface area contributed by atoms with Crippen LogP contribution in [0.3, 0.4) is 0 Å². The Morgan fingerprint density at radius 1 is 0.958 bits per heavy atom. The number of primary sulfonamides is 1. The van der Waals surface area contributed by atoms with Crippen molar-refractivity contribution in [3.63, 3.8) is 0 Å². The Balaban J connectivity index is 1.60. The molecule has 0 aliphatic rings. The predicted molar refractivity (Wildman–Crippen MR) is 177 cm³/mol. The molecule has 48 heavy (non-hydrogen) atoms. The van der Waals surface area contributed by atoms with Gasteiger partial charge in [-0.05, 0) is 25.1 Å². The average Bonchev–Trinajstić information content (AvgIpc) is 3.72. The number of Topliss-reactive ketones (excluding diaryl/α,β-unsaturated/α-hetero) is 2. The van der Waals surface area contributed by atoms with Crippen molar-refractivity contribution in [1.29, 1.82) is 0 Å². The van der Waals surface area contributed by atoms with Crippen LogP contribution in [-0.4, -0.2) is 64.2 Å². The minimum Gasteiger partial charge on any atom is -0.462 e. The Hall–Kier alpha value is -5.91. The summed E-state index contributed by atoms with van der Waals surface area (Å²) in [5, 5.41) is 23.0. The van der Waals surface area contributed by atoms with Gasteiger partial charge in [0.2, 0.25) is 15.3 Å². The molecule has 0 saturated heterocycles. The third-order valence-electron chi connectivity index (χ3n) is 6.47. The van der Waals surface area contributed by atoms with Crippen molar-refractivity contribution in [3.8, 4) is 16.9 Å². The number of aromatic nitrogens is 4. The summed E-state index contributed by atoms with van der Waals surface area (Å²) in [5.41, 5.74) is 3.57. The summed E-state index contributed by atoms with van der Waals surface area (Å²) in [6.45, 7) is 2.83. The molecule has 244 valence electrons. The van der Waals surface area contributed by atoms with E-state index >= 15 is 0 Å². The van der Waals surface area contributed by atoms with Crippen LogP contribution in [0.5, 0.6) is 0 Å². The van der Waals surface area contributed by atoms with Gasteiger partial charge in [-0.2, -0.15) is 10.2 Å². The second-order valence-corrected chi connectivity index (χ2v) is 12.5. The van der Waals surface area contributed by atoms with Crippen LogP contribution in [0.4, 0.5) is 10.8 Å². The first-order valence-corrected chi connectivity index (χ1v) is 16.4. The standard InChI is InChI=1S/C31H26N8O7S2/c1-3-46-29(43)23-25(28(42)33-30-36-37-31(47-30)48(32,44)45)38-39(26(23)19-11-6-4-7-12-19)22-16-10-15-21(17-22)34-35-24(18(2)40)27(41)20-13-8-5-9-14-20/h4-17,34H,3H2,1-2H3,(H2,32,44,45)(H,33,36,42)/b35-24+. The molecule has 0 aliphatic heterocycles. The van der Waals surface area contributed by atoms with Crippen LogP contribution in [-0.2, 0) is 19.6 Å². The van der Waals surface area contributed by atoms with Gasteiger partial charge in [0.1, 0.15) is 5.56 Å². The number of esters is 1. The molecule has 5 aromatic rings. The summed E-state index contributed by atoms with van der Waals surface area (Å²) in [7, 11) is -4.18. The molecule has 2 aromatic heterocycles. The van der Waals surface area contributed by atoms with E-state index in [0.717, 1.165) is 0 Å². The van der Waals surface area contributed by atoms with Crippen molar-refractivity contribution in [3.05, 3.63) is 102 Å². The zero-order valence-corrected chi connectivity index (χ0v) is 26.9. The lowest BCUT2D eigenvalue weighted by atomic mass is 10.0. The molecular formula is C31H26N8O7S2. The second-order valence-electron chi connectivity index (χ2n) is 9.82. The number of hydrogen-bond donors (Lipinski definition) is 3. The lowest BCUT2D eigenvalue weighted by Gasteiger charge is -2.11. The molecule has 0 atom stereocenters. The highest BCUT2D eigenvalue weighted by atomic mass is 32.2. The SMILES string of the molecule is CCOC(=O)c1c(C(=O)Nc2nnc(S(N)(=O)=O)s2)nn(-c2cccc(N/N=C(\C(C)=O)C(=O)c3ccccc3)c2)c1-c1ccccc1. The van der Waals surface area contributed by atoms with E-state index in [-0.39, 0.29) is 40.0 Å². The molecule has 1 amide bonds. The van der Waals surface area contributed by atoms with E-state index in [0.29, 0.717) is 28.3 Å². The summed E-state index contributed by atoms with van der Waals surface area (Å²) < 4.78 is 29.5. The Morgan fingerprint density at radius 2 is 1.65 bits per heavy atom. The number of carbonyl (C=O) groups excluding carboxylic acids is 4. The van der Waals surface area contributed by atoms with Crippen LogP contribution < -0.4 is 15.9 Å². The van der Waals surface area contributed by atoms with Gasteiger partial charge in [0, 0.05) is 18.1 Å². The molecule has 0 fully saturated rings. The summed E-state index contributed by atoms with van der Waals surface area (Å²) in [5.74, 6) is -2.87. The highest BCUT2D eigenvalue weighted by Crippen LogP contribution is 2.32. The van der Waals surface area contributed by atoms with E-state index < -0.39 is 37.8 Å². The largest absolute Gasteiger partial charge is 0.462 e. The molecule has 0 unspecified atom stereocenters. The summed E-state index contributed by atoms with van der Waals surface area (Å²) in [4.78, 5) is 52.3. The number of ether oxygens (including phenoxy) is 1. The Labute approximate surface area is 277 Å².